The zero-order valence-electron chi connectivity index (χ0n) is 13.1. The molecule has 0 fully saturated rings. The summed E-state index contributed by atoms with van der Waals surface area (Å²) >= 11 is 0. The van der Waals surface area contributed by atoms with E-state index in [0.29, 0.717) is 6.61 Å². The molecule has 3 nitrogen and oxygen atoms in total. The van der Waals surface area contributed by atoms with E-state index in [9.17, 15) is 0 Å². The molecule has 0 saturated carbocycles. The van der Waals surface area contributed by atoms with Crippen molar-refractivity contribution in [1.29, 1.82) is 0 Å². The molecule has 2 aromatic carbocycles. The smallest absolute Gasteiger partial charge is 0.122 e. The molecule has 2 N–H and O–H groups in total. The van der Waals surface area contributed by atoms with Gasteiger partial charge in [-0.3, -0.25) is 0 Å². The summed E-state index contributed by atoms with van der Waals surface area (Å²) in [5.41, 5.74) is 10.9. The van der Waals surface area contributed by atoms with Crippen molar-refractivity contribution < 1.29 is 9.47 Å². The number of rotatable bonds is 5. The molecule has 21 heavy (non-hydrogen) atoms. The lowest BCUT2D eigenvalue weighted by Gasteiger charge is -2.18. The first-order valence-electron chi connectivity index (χ1n) is 7.20. The van der Waals surface area contributed by atoms with Crippen LogP contribution in [0.1, 0.15) is 35.2 Å². The van der Waals surface area contributed by atoms with Crippen molar-refractivity contribution in [3.05, 3.63) is 58.7 Å². The Labute approximate surface area is 126 Å². The molecule has 1 unspecified atom stereocenters. The summed E-state index contributed by atoms with van der Waals surface area (Å²) in [7, 11) is 1.69. The Morgan fingerprint density at radius 2 is 1.71 bits per heavy atom. The Morgan fingerprint density at radius 1 is 1.05 bits per heavy atom. The summed E-state index contributed by atoms with van der Waals surface area (Å²) < 4.78 is 10.8. The Kier molecular flexibility index (Phi) is 4.86. The van der Waals surface area contributed by atoms with Crippen molar-refractivity contribution >= 4 is 0 Å². The highest BCUT2D eigenvalue weighted by molar-refractivity contribution is 5.46. The van der Waals surface area contributed by atoms with E-state index in [1.54, 1.807) is 7.11 Å². The van der Waals surface area contributed by atoms with Crippen molar-refractivity contribution in [3.63, 3.8) is 0 Å². The van der Waals surface area contributed by atoms with Gasteiger partial charge in [0.15, 0.2) is 0 Å². The average molecular weight is 285 g/mol. The Hall–Kier alpha value is -2.00. The number of hydrogen-bond acceptors (Lipinski definition) is 3. The predicted molar refractivity (Wildman–Crippen MR) is 86.1 cm³/mol. The van der Waals surface area contributed by atoms with Gasteiger partial charge in [-0.05, 0) is 61.2 Å². The third-order valence-electron chi connectivity index (χ3n) is 3.67. The maximum absolute atomic E-state index is 6.42. The largest absolute Gasteiger partial charge is 0.496 e. The topological polar surface area (TPSA) is 44.5 Å². The molecule has 0 aliphatic heterocycles. The van der Waals surface area contributed by atoms with Crippen LogP contribution >= 0.6 is 0 Å². The third-order valence-corrected chi connectivity index (χ3v) is 3.67. The van der Waals surface area contributed by atoms with E-state index in [0.717, 1.165) is 33.8 Å². The number of benzene rings is 2. The molecule has 0 aromatic heterocycles. The van der Waals surface area contributed by atoms with E-state index in [2.05, 4.69) is 13.0 Å². The average Bonchev–Trinajstić information content (AvgIpc) is 2.49. The molecule has 0 amide bonds. The third kappa shape index (κ3) is 3.37. The second-order valence-corrected chi connectivity index (χ2v) is 5.16. The molecule has 0 saturated heterocycles. The molecule has 0 heterocycles. The van der Waals surface area contributed by atoms with E-state index >= 15 is 0 Å². The standard InChI is InChI=1S/C18H23NO2/c1-5-21-15-8-6-14(7-9-15)18(19)16-10-13(3)17(20-4)11-12(16)2/h6-11,18H,5,19H2,1-4H3. The van der Waals surface area contributed by atoms with Crippen LogP contribution in [0.5, 0.6) is 11.5 Å². The summed E-state index contributed by atoms with van der Waals surface area (Å²) in [5, 5.41) is 0. The fourth-order valence-electron chi connectivity index (χ4n) is 2.48. The van der Waals surface area contributed by atoms with Crippen LogP contribution in [0.25, 0.3) is 0 Å². The summed E-state index contributed by atoms with van der Waals surface area (Å²) in [6, 6.07) is 12.0. The van der Waals surface area contributed by atoms with Crippen LogP contribution in [0.15, 0.2) is 36.4 Å². The summed E-state index contributed by atoms with van der Waals surface area (Å²) in [6.45, 7) is 6.74. The fourth-order valence-corrected chi connectivity index (χ4v) is 2.48. The van der Waals surface area contributed by atoms with Crippen molar-refractivity contribution in [2.24, 2.45) is 5.73 Å². The van der Waals surface area contributed by atoms with Gasteiger partial charge in [-0.25, -0.2) is 0 Å². The van der Waals surface area contributed by atoms with E-state index < -0.39 is 0 Å². The first-order valence-corrected chi connectivity index (χ1v) is 7.20. The van der Waals surface area contributed by atoms with Gasteiger partial charge in [-0.15, -0.1) is 0 Å². The van der Waals surface area contributed by atoms with Gasteiger partial charge in [0.2, 0.25) is 0 Å². The molecule has 0 spiro atoms. The van der Waals surface area contributed by atoms with E-state index in [1.165, 1.54) is 0 Å². The second kappa shape index (κ2) is 6.64. The number of hydrogen-bond donors (Lipinski definition) is 1. The van der Waals surface area contributed by atoms with Crippen LogP contribution in [0.2, 0.25) is 0 Å². The van der Waals surface area contributed by atoms with E-state index in [4.69, 9.17) is 15.2 Å². The minimum atomic E-state index is -0.148. The van der Waals surface area contributed by atoms with Crippen LogP contribution in [-0.2, 0) is 0 Å². The number of methoxy groups -OCH3 is 1. The minimum absolute atomic E-state index is 0.148. The van der Waals surface area contributed by atoms with Crippen molar-refractivity contribution in [3.8, 4) is 11.5 Å². The second-order valence-electron chi connectivity index (χ2n) is 5.16. The zero-order chi connectivity index (χ0) is 15.4. The molecular formula is C18H23NO2. The Bertz CT molecular complexity index is 605. The highest BCUT2D eigenvalue weighted by Crippen LogP contribution is 2.29. The Balaban J connectivity index is 2.31. The molecule has 2 rings (SSSR count). The van der Waals surface area contributed by atoms with Gasteiger partial charge in [0.25, 0.3) is 0 Å². The SMILES string of the molecule is CCOc1ccc(C(N)c2cc(C)c(OC)cc2C)cc1. The van der Waals surface area contributed by atoms with Crippen LogP contribution in [-0.4, -0.2) is 13.7 Å². The summed E-state index contributed by atoms with van der Waals surface area (Å²) in [4.78, 5) is 0. The molecule has 0 aliphatic rings. The van der Waals surface area contributed by atoms with Crippen molar-refractivity contribution in [1.82, 2.24) is 0 Å². The monoisotopic (exact) mass is 285 g/mol. The van der Waals surface area contributed by atoms with E-state index in [-0.39, 0.29) is 6.04 Å². The van der Waals surface area contributed by atoms with Crippen molar-refractivity contribution in [2.75, 3.05) is 13.7 Å². The van der Waals surface area contributed by atoms with Crippen molar-refractivity contribution in [2.45, 2.75) is 26.8 Å². The molecule has 112 valence electrons. The van der Waals surface area contributed by atoms with Gasteiger partial charge in [0.05, 0.1) is 19.8 Å². The summed E-state index contributed by atoms with van der Waals surface area (Å²) in [6.07, 6.45) is 0. The van der Waals surface area contributed by atoms with Gasteiger partial charge in [0, 0.05) is 0 Å². The summed E-state index contributed by atoms with van der Waals surface area (Å²) in [5.74, 6) is 1.77. The van der Waals surface area contributed by atoms with Crippen LogP contribution < -0.4 is 15.2 Å². The molecule has 0 aliphatic carbocycles. The normalized spacial score (nSPS) is 12.0. The van der Waals surface area contributed by atoms with Crippen LogP contribution in [0.4, 0.5) is 0 Å². The van der Waals surface area contributed by atoms with Gasteiger partial charge in [-0.1, -0.05) is 18.2 Å². The maximum Gasteiger partial charge on any atom is 0.122 e. The molecule has 3 heteroatoms. The van der Waals surface area contributed by atoms with Gasteiger partial charge in [-0.2, -0.15) is 0 Å². The minimum Gasteiger partial charge on any atom is -0.496 e. The lowest BCUT2D eigenvalue weighted by atomic mass is 9.94. The van der Waals surface area contributed by atoms with Crippen LogP contribution in [0.3, 0.4) is 0 Å². The fraction of sp³-hybridized carbons (Fsp3) is 0.333. The molecule has 0 radical (unpaired) electrons. The lowest BCUT2D eigenvalue weighted by molar-refractivity contribution is 0.340. The highest BCUT2D eigenvalue weighted by atomic mass is 16.5. The molecule has 2 aromatic rings. The lowest BCUT2D eigenvalue weighted by Crippen LogP contribution is -2.13. The number of nitrogens with two attached hydrogens (primary N) is 1. The van der Waals surface area contributed by atoms with Gasteiger partial charge < -0.3 is 15.2 Å². The predicted octanol–water partition coefficient (Wildman–Crippen LogP) is 3.76. The number of ether oxygens (including phenoxy) is 2. The first kappa shape index (κ1) is 15.4. The van der Waals surface area contributed by atoms with Gasteiger partial charge >= 0.3 is 0 Å². The Morgan fingerprint density at radius 3 is 2.29 bits per heavy atom. The zero-order valence-corrected chi connectivity index (χ0v) is 13.1. The number of aryl methyl sites for hydroxylation is 2. The van der Waals surface area contributed by atoms with E-state index in [1.807, 2.05) is 44.2 Å². The quantitative estimate of drug-likeness (QED) is 0.909. The highest BCUT2D eigenvalue weighted by Gasteiger charge is 2.14. The molecule has 1 atom stereocenters. The van der Waals surface area contributed by atoms with Crippen LogP contribution in [0, 0.1) is 13.8 Å². The molecular weight excluding hydrogens is 262 g/mol. The first-order chi connectivity index (χ1) is 10.1. The van der Waals surface area contributed by atoms with Gasteiger partial charge in [0.1, 0.15) is 11.5 Å². The molecule has 0 bridgehead atoms. The maximum atomic E-state index is 6.42.